The minimum absolute atomic E-state index is 0.888. The Kier molecular flexibility index (Phi) is 7.05. The zero-order valence-electron chi connectivity index (χ0n) is 32.4. The molecule has 2 heterocycles. The summed E-state index contributed by atoms with van der Waals surface area (Å²) < 4.78 is 12.9. The molecule has 0 N–H and O–H groups in total. The Morgan fingerprint density at radius 3 is 1.03 bits per heavy atom. The van der Waals surface area contributed by atoms with Gasteiger partial charge in [-0.2, -0.15) is 0 Å². The van der Waals surface area contributed by atoms with Crippen molar-refractivity contribution in [1.29, 1.82) is 0 Å². The molecule has 0 unspecified atom stereocenters. The van der Waals surface area contributed by atoms with Crippen LogP contribution in [0.5, 0.6) is 0 Å². The van der Waals surface area contributed by atoms with Gasteiger partial charge >= 0.3 is 0 Å². The van der Waals surface area contributed by atoms with E-state index in [0.29, 0.717) is 0 Å². The van der Waals surface area contributed by atoms with E-state index < -0.39 is 0 Å². The summed E-state index contributed by atoms with van der Waals surface area (Å²) in [7, 11) is 0. The van der Waals surface area contributed by atoms with Crippen LogP contribution < -0.4 is 0 Å². The molecule has 11 aromatic carbocycles. The van der Waals surface area contributed by atoms with E-state index in [9.17, 15) is 0 Å². The van der Waals surface area contributed by atoms with Crippen LogP contribution in [0.15, 0.2) is 215 Å². The predicted molar refractivity (Wildman–Crippen MR) is 253 cm³/mol. The van der Waals surface area contributed by atoms with Crippen LogP contribution in [0.1, 0.15) is 0 Å². The Morgan fingerprint density at radius 2 is 0.550 bits per heavy atom. The molecule has 0 spiro atoms. The van der Waals surface area contributed by atoms with Crippen molar-refractivity contribution in [2.75, 3.05) is 0 Å². The van der Waals surface area contributed by atoms with Crippen LogP contribution in [-0.4, -0.2) is 0 Å². The van der Waals surface area contributed by atoms with Crippen molar-refractivity contribution in [3.05, 3.63) is 206 Å². The number of fused-ring (bicyclic) bond motifs is 10. The molecule has 0 atom stereocenters. The van der Waals surface area contributed by atoms with Crippen molar-refractivity contribution in [2.24, 2.45) is 0 Å². The zero-order valence-corrected chi connectivity index (χ0v) is 32.4. The monoisotopic (exact) mass is 762 g/mol. The zero-order chi connectivity index (χ0) is 39.3. The number of benzene rings is 11. The summed E-state index contributed by atoms with van der Waals surface area (Å²) in [6.07, 6.45) is 0. The van der Waals surface area contributed by atoms with E-state index in [4.69, 9.17) is 8.83 Å². The maximum Gasteiger partial charge on any atom is 0.136 e. The van der Waals surface area contributed by atoms with Crippen molar-refractivity contribution in [3.63, 3.8) is 0 Å². The first kappa shape index (κ1) is 33.1. The fourth-order valence-corrected chi connectivity index (χ4v) is 10.2. The van der Waals surface area contributed by atoms with Gasteiger partial charge in [0.15, 0.2) is 0 Å². The van der Waals surface area contributed by atoms with Gasteiger partial charge in [0.1, 0.15) is 22.3 Å². The second-order valence-corrected chi connectivity index (χ2v) is 15.8. The molecule has 0 aliphatic rings. The molecular formula is C58H34O2. The second kappa shape index (κ2) is 12.8. The average Bonchev–Trinajstić information content (AvgIpc) is 3.89. The quantitative estimate of drug-likeness (QED) is 0.167. The standard InChI is InChI=1S/C58H34O2/c1-2-16-35(17-3-1)54-40-18-4-6-20-42(40)57(43-21-7-5-19-41(43)54)58-44-26-12-24-36(38-28-14-32-52-55(38)46-22-8-10-30-50(46)59-52)48(44)34-49-37(25-13-27-45(49)58)39-29-15-33-53-56(39)47-23-9-11-31-51(47)60-53/h1-34H. The van der Waals surface area contributed by atoms with Crippen LogP contribution in [0.2, 0.25) is 0 Å². The van der Waals surface area contributed by atoms with Gasteiger partial charge in [0.25, 0.3) is 0 Å². The summed E-state index contributed by atoms with van der Waals surface area (Å²) in [5.74, 6) is 0. The van der Waals surface area contributed by atoms with Gasteiger partial charge in [0.2, 0.25) is 0 Å². The molecule has 60 heavy (non-hydrogen) atoms. The Balaban J connectivity index is 1.23. The van der Waals surface area contributed by atoms with Crippen molar-refractivity contribution in [2.45, 2.75) is 0 Å². The highest BCUT2D eigenvalue weighted by Gasteiger charge is 2.24. The maximum atomic E-state index is 6.47. The minimum atomic E-state index is 0.888. The van der Waals surface area contributed by atoms with E-state index in [1.807, 2.05) is 12.1 Å². The van der Waals surface area contributed by atoms with Gasteiger partial charge in [-0.25, -0.2) is 0 Å². The molecule has 0 saturated carbocycles. The normalized spacial score (nSPS) is 12.0. The molecule has 2 aromatic heterocycles. The van der Waals surface area contributed by atoms with Crippen LogP contribution in [0.3, 0.4) is 0 Å². The first-order valence-electron chi connectivity index (χ1n) is 20.6. The lowest BCUT2D eigenvalue weighted by atomic mass is 9.81. The van der Waals surface area contributed by atoms with Crippen molar-refractivity contribution in [3.8, 4) is 44.5 Å². The van der Waals surface area contributed by atoms with Crippen LogP contribution in [-0.2, 0) is 0 Å². The summed E-state index contributed by atoms with van der Waals surface area (Å²) >= 11 is 0. The highest BCUT2D eigenvalue weighted by molar-refractivity contribution is 6.30. The van der Waals surface area contributed by atoms with Crippen LogP contribution in [0.4, 0.5) is 0 Å². The molecule has 2 heteroatoms. The van der Waals surface area contributed by atoms with Gasteiger partial charge in [-0.3, -0.25) is 0 Å². The topological polar surface area (TPSA) is 26.3 Å². The molecule has 13 rings (SSSR count). The summed E-state index contributed by atoms with van der Waals surface area (Å²) in [5, 5.41) is 14.2. The van der Waals surface area contributed by atoms with Crippen LogP contribution >= 0.6 is 0 Å². The molecule has 13 aromatic rings. The molecule has 0 aliphatic carbocycles. The van der Waals surface area contributed by atoms with Gasteiger partial charge in [-0.1, -0.05) is 176 Å². The Bertz CT molecular complexity index is 3650. The fraction of sp³-hybridized carbons (Fsp3) is 0. The number of para-hydroxylation sites is 2. The molecule has 278 valence electrons. The van der Waals surface area contributed by atoms with Gasteiger partial charge in [0.05, 0.1) is 0 Å². The molecule has 0 radical (unpaired) electrons. The van der Waals surface area contributed by atoms with Gasteiger partial charge in [0, 0.05) is 21.5 Å². The third-order valence-electron chi connectivity index (χ3n) is 12.7. The predicted octanol–water partition coefficient (Wildman–Crippen LogP) is 16.8. The van der Waals surface area contributed by atoms with Gasteiger partial charge < -0.3 is 8.83 Å². The molecule has 0 aliphatic heterocycles. The highest BCUT2D eigenvalue weighted by Crippen LogP contribution is 2.51. The Morgan fingerprint density at radius 1 is 0.217 bits per heavy atom. The second-order valence-electron chi connectivity index (χ2n) is 15.8. The van der Waals surface area contributed by atoms with E-state index >= 15 is 0 Å². The van der Waals surface area contributed by atoms with E-state index in [-0.39, 0.29) is 0 Å². The van der Waals surface area contributed by atoms with Gasteiger partial charge in [-0.05, 0) is 118 Å². The first-order valence-corrected chi connectivity index (χ1v) is 20.6. The number of hydrogen-bond acceptors (Lipinski definition) is 2. The van der Waals surface area contributed by atoms with Crippen LogP contribution in [0.25, 0.3) is 131 Å². The lowest BCUT2D eigenvalue weighted by molar-refractivity contribution is 0.668. The number of hydrogen-bond donors (Lipinski definition) is 0. The summed E-state index contributed by atoms with van der Waals surface area (Å²) in [6, 6.07) is 74.7. The maximum absolute atomic E-state index is 6.47. The smallest absolute Gasteiger partial charge is 0.136 e. The van der Waals surface area contributed by atoms with E-state index in [1.165, 1.54) is 76.5 Å². The lowest BCUT2D eigenvalue weighted by Gasteiger charge is -2.22. The Hall–Kier alpha value is -7.94. The molecule has 0 amide bonds. The molecule has 0 bridgehead atoms. The first-order chi connectivity index (χ1) is 29.8. The highest BCUT2D eigenvalue weighted by atomic mass is 16.3. The largest absolute Gasteiger partial charge is 0.456 e. The lowest BCUT2D eigenvalue weighted by Crippen LogP contribution is -1.94. The van der Waals surface area contributed by atoms with Crippen molar-refractivity contribution in [1.82, 2.24) is 0 Å². The average molecular weight is 763 g/mol. The van der Waals surface area contributed by atoms with E-state index in [1.54, 1.807) is 0 Å². The molecule has 2 nitrogen and oxygen atoms in total. The summed E-state index contributed by atoms with van der Waals surface area (Å²) in [4.78, 5) is 0. The minimum Gasteiger partial charge on any atom is -0.456 e. The number of furan rings is 2. The summed E-state index contributed by atoms with van der Waals surface area (Å²) in [6.45, 7) is 0. The van der Waals surface area contributed by atoms with Crippen molar-refractivity contribution < 1.29 is 8.83 Å². The van der Waals surface area contributed by atoms with Crippen LogP contribution in [0, 0.1) is 0 Å². The third kappa shape index (κ3) is 4.70. The SMILES string of the molecule is c1ccc(-c2c3ccccc3c(-c3c4cccc(-c5cccc6oc7ccccc7c56)c4cc4c(-c5cccc6oc7ccccc7c56)cccc34)c3ccccc23)cc1. The third-order valence-corrected chi connectivity index (χ3v) is 12.7. The summed E-state index contributed by atoms with van der Waals surface area (Å²) in [5.41, 5.74) is 13.2. The molecule has 0 fully saturated rings. The number of rotatable bonds is 4. The van der Waals surface area contributed by atoms with Gasteiger partial charge in [-0.15, -0.1) is 0 Å². The molecular weight excluding hydrogens is 729 g/mol. The fourth-order valence-electron chi connectivity index (χ4n) is 10.2. The molecule has 0 saturated heterocycles. The Labute approximate surface area is 345 Å². The van der Waals surface area contributed by atoms with Crippen molar-refractivity contribution >= 4 is 87.0 Å². The van der Waals surface area contributed by atoms with E-state index in [2.05, 4.69) is 194 Å². The van der Waals surface area contributed by atoms with E-state index in [0.717, 1.165) is 55.0 Å².